The average molecular weight is 244 g/mol. The minimum absolute atomic E-state index is 0.0549. The molecule has 0 bridgehead atoms. The van der Waals surface area contributed by atoms with Crippen molar-refractivity contribution >= 4 is 29.3 Å². The number of aromatic nitrogens is 2. The van der Waals surface area contributed by atoms with Crippen LogP contribution in [0.4, 0.5) is 11.8 Å². The molecule has 2 N–H and O–H groups in total. The minimum Gasteiger partial charge on any atom is -0.360 e. The monoisotopic (exact) mass is 243 g/mol. The predicted molar refractivity (Wildman–Crippen MR) is 63.8 cm³/mol. The van der Waals surface area contributed by atoms with E-state index in [0.29, 0.717) is 16.8 Å². The van der Waals surface area contributed by atoms with Crippen molar-refractivity contribution in [1.82, 2.24) is 14.9 Å². The van der Waals surface area contributed by atoms with Gasteiger partial charge in [-0.05, 0) is 0 Å². The lowest BCUT2D eigenvalue weighted by Crippen LogP contribution is -2.28. The van der Waals surface area contributed by atoms with Gasteiger partial charge in [-0.25, -0.2) is 4.98 Å². The number of nitrogens with zero attached hydrogens (tertiary/aromatic N) is 3. The van der Waals surface area contributed by atoms with Crippen LogP contribution in [0, 0.1) is 0 Å². The highest BCUT2D eigenvalue weighted by atomic mass is 35.5. The fraction of sp³-hybridized carbons (Fsp3) is 0.444. The fourth-order valence-electron chi connectivity index (χ4n) is 0.929. The molecule has 0 aliphatic rings. The summed E-state index contributed by atoms with van der Waals surface area (Å²) in [6.45, 7) is 0.146. The van der Waals surface area contributed by atoms with E-state index in [-0.39, 0.29) is 12.5 Å². The Bertz CT molecular complexity index is 382. The molecule has 0 unspecified atom stereocenters. The first-order valence-electron chi connectivity index (χ1n) is 4.69. The Hall–Kier alpha value is -1.56. The third kappa shape index (κ3) is 3.23. The van der Waals surface area contributed by atoms with Crippen LogP contribution < -0.4 is 10.6 Å². The summed E-state index contributed by atoms with van der Waals surface area (Å²) in [5.41, 5.74) is 0. The van der Waals surface area contributed by atoms with Gasteiger partial charge in [0.1, 0.15) is 5.02 Å². The van der Waals surface area contributed by atoms with Crippen LogP contribution in [0.5, 0.6) is 0 Å². The molecule has 0 atom stereocenters. The lowest BCUT2D eigenvalue weighted by molar-refractivity contribution is -0.126. The van der Waals surface area contributed by atoms with Gasteiger partial charge in [0, 0.05) is 21.1 Å². The minimum atomic E-state index is -0.0549. The molecule has 1 rings (SSSR count). The second kappa shape index (κ2) is 5.50. The first-order chi connectivity index (χ1) is 7.54. The summed E-state index contributed by atoms with van der Waals surface area (Å²) in [5, 5.41) is 6.02. The first-order valence-corrected chi connectivity index (χ1v) is 5.06. The lowest BCUT2D eigenvalue weighted by Gasteiger charge is -2.12. The second-order valence-electron chi connectivity index (χ2n) is 3.28. The highest BCUT2D eigenvalue weighted by Gasteiger charge is 2.07. The molecule has 0 aliphatic heterocycles. The van der Waals surface area contributed by atoms with Gasteiger partial charge in [-0.3, -0.25) is 4.79 Å². The average Bonchev–Trinajstić information content (AvgIpc) is 2.27. The van der Waals surface area contributed by atoms with Gasteiger partial charge < -0.3 is 15.5 Å². The number of hydrogen-bond acceptors (Lipinski definition) is 5. The zero-order chi connectivity index (χ0) is 12.1. The van der Waals surface area contributed by atoms with Crippen molar-refractivity contribution in [2.75, 3.05) is 38.3 Å². The van der Waals surface area contributed by atoms with E-state index in [0.717, 1.165) is 0 Å². The number of nitrogens with one attached hydrogen (secondary N) is 2. The Labute approximate surface area is 99.0 Å². The van der Waals surface area contributed by atoms with Crippen molar-refractivity contribution in [3.63, 3.8) is 0 Å². The summed E-state index contributed by atoms with van der Waals surface area (Å²) in [4.78, 5) is 20.8. The van der Waals surface area contributed by atoms with E-state index in [1.54, 1.807) is 21.1 Å². The molecule has 7 heteroatoms. The molecule has 88 valence electrons. The molecular formula is C9H14ClN5O. The molecule has 1 aromatic heterocycles. The Morgan fingerprint density at radius 2 is 2.25 bits per heavy atom. The number of rotatable bonds is 4. The number of carbonyl (C=O) groups excluding carboxylic acids is 1. The van der Waals surface area contributed by atoms with E-state index in [1.807, 2.05) is 0 Å². The summed E-state index contributed by atoms with van der Waals surface area (Å²) in [5.74, 6) is 0.834. The van der Waals surface area contributed by atoms with Crippen LogP contribution in [-0.2, 0) is 4.79 Å². The SMILES string of the molecule is CNc1ncc(Cl)c(NCC(=O)N(C)C)n1. The van der Waals surface area contributed by atoms with Crippen molar-refractivity contribution in [3.05, 3.63) is 11.2 Å². The quantitative estimate of drug-likeness (QED) is 0.814. The molecule has 0 fully saturated rings. The van der Waals surface area contributed by atoms with Crippen LogP contribution >= 0.6 is 11.6 Å². The molecule has 0 saturated heterocycles. The topological polar surface area (TPSA) is 70.2 Å². The van der Waals surface area contributed by atoms with Gasteiger partial charge in [-0.1, -0.05) is 11.6 Å². The summed E-state index contributed by atoms with van der Waals surface area (Å²) in [6, 6.07) is 0. The van der Waals surface area contributed by atoms with Crippen LogP contribution in [0.2, 0.25) is 5.02 Å². The van der Waals surface area contributed by atoms with Gasteiger partial charge in [-0.2, -0.15) is 4.98 Å². The number of anilines is 2. The smallest absolute Gasteiger partial charge is 0.241 e. The summed E-state index contributed by atoms with van der Waals surface area (Å²) in [7, 11) is 5.08. The number of carbonyl (C=O) groups is 1. The van der Waals surface area contributed by atoms with Crippen LogP contribution in [-0.4, -0.2) is 48.5 Å². The Morgan fingerprint density at radius 3 is 2.81 bits per heavy atom. The van der Waals surface area contributed by atoms with Crippen LogP contribution in [0.3, 0.4) is 0 Å². The van der Waals surface area contributed by atoms with E-state index in [9.17, 15) is 4.79 Å². The van der Waals surface area contributed by atoms with Gasteiger partial charge in [0.25, 0.3) is 0 Å². The number of halogens is 1. The van der Waals surface area contributed by atoms with Crippen LogP contribution in [0.15, 0.2) is 6.20 Å². The van der Waals surface area contributed by atoms with Crippen molar-refractivity contribution in [2.24, 2.45) is 0 Å². The van der Waals surface area contributed by atoms with E-state index >= 15 is 0 Å². The van der Waals surface area contributed by atoms with Crippen molar-refractivity contribution in [1.29, 1.82) is 0 Å². The molecular weight excluding hydrogens is 230 g/mol. The van der Waals surface area contributed by atoms with Gasteiger partial charge in [0.15, 0.2) is 5.82 Å². The van der Waals surface area contributed by atoms with Crippen LogP contribution in [0.25, 0.3) is 0 Å². The predicted octanol–water partition coefficient (Wildman–Crippen LogP) is 0.672. The highest BCUT2D eigenvalue weighted by molar-refractivity contribution is 6.32. The molecule has 0 saturated carbocycles. The molecule has 16 heavy (non-hydrogen) atoms. The van der Waals surface area contributed by atoms with E-state index in [2.05, 4.69) is 20.6 Å². The third-order valence-corrected chi connectivity index (χ3v) is 2.15. The van der Waals surface area contributed by atoms with Gasteiger partial charge in [0.2, 0.25) is 11.9 Å². The van der Waals surface area contributed by atoms with E-state index in [1.165, 1.54) is 11.1 Å². The Balaban J connectivity index is 2.69. The molecule has 0 aromatic carbocycles. The summed E-state index contributed by atoms with van der Waals surface area (Å²) >= 11 is 5.88. The summed E-state index contributed by atoms with van der Waals surface area (Å²) < 4.78 is 0. The number of hydrogen-bond donors (Lipinski definition) is 2. The first kappa shape index (κ1) is 12.5. The second-order valence-corrected chi connectivity index (χ2v) is 3.69. The largest absolute Gasteiger partial charge is 0.360 e. The standard InChI is InChI=1S/C9H14ClN5O/c1-11-9-13-4-6(10)8(14-9)12-5-7(16)15(2)3/h4H,5H2,1-3H3,(H2,11,12,13,14). The van der Waals surface area contributed by atoms with Crippen molar-refractivity contribution in [3.8, 4) is 0 Å². The van der Waals surface area contributed by atoms with E-state index < -0.39 is 0 Å². The molecule has 6 nitrogen and oxygen atoms in total. The van der Waals surface area contributed by atoms with Gasteiger partial charge >= 0.3 is 0 Å². The lowest BCUT2D eigenvalue weighted by atomic mass is 10.5. The Kier molecular flexibility index (Phi) is 4.30. The summed E-state index contributed by atoms with van der Waals surface area (Å²) in [6.07, 6.45) is 1.48. The zero-order valence-electron chi connectivity index (χ0n) is 9.41. The number of amides is 1. The maximum Gasteiger partial charge on any atom is 0.241 e. The zero-order valence-corrected chi connectivity index (χ0v) is 10.2. The normalized spacial score (nSPS) is 9.75. The van der Waals surface area contributed by atoms with Gasteiger partial charge in [0.05, 0.1) is 12.7 Å². The van der Waals surface area contributed by atoms with E-state index in [4.69, 9.17) is 11.6 Å². The molecule has 1 heterocycles. The highest BCUT2D eigenvalue weighted by Crippen LogP contribution is 2.18. The molecule has 1 amide bonds. The molecule has 0 spiro atoms. The molecule has 0 aliphatic carbocycles. The number of likely N-dealkylation sites (N-methyl/N-ethyl adjacent to an activating group) is 1. The van der Waals surface area contributed by atoms with Gasteiger partial charge in [-0.15, -0.1) is 0 Å². The third-order valence-electron chi connectivity index (χ3n) is 1.87. The fourth-order valence-corrected chi connectivity index (χ4v) is 1.09. The maximum atomic E-state index is 11.3. The molecule has 1 aromatic rings. The van der Waals surface area contributed by atoms with Crippen LogP contribution in [0.1, 0.15) is 0 Å². The molecule has 0 radical (unpaired) electrons. The Morgan fingerprint density at radius 1 is 1.56 bits per heavy atom. The van der Waals surface area contributed by atoms with Crippen molar-refractivity contribution in [2.45, 2.75) is 0 Å². The maximum absolute atomic E-state index is 11.3. The van der Waals surface area contributed by atoms with Crippen molar-refractivity contribution < 1.29 is 4.79 Å².